The maximum Gasteiger partial charge on any atom is 0.347 e. The number of nitrogens with one attached hydrogen (secondary N) is 1. The van der Waals surface area contributed by atoms with E-state index in [1.165, 1.54) is 0 Å². The van der Waals surface area contributed by atoms with Gasteiger partial charge < -0.3 is 9.73 Å². The minimum absolute atomic E-state index is 0.0734. The number of fused-ring (bicyclic) bond motifs is 1. The lowest BCUT2D eigenvalue weighted by molar-refractivity contribution is 0.0964. The number of nitrogens with zero attached hydrogens (tertiary/aromatic N) is 1. The quantitative estimate of drug-likeness (QED) is 0.380. The van der Waals surface area contributed by atoms with Crippen LogP contribution in [0.3, 0.4) is 0 Å². The fourth-order valence-corrected chi connectivity index (χ4v) is 3.28. The van der Waals surface area contributed by atoms with E-state index in [-0.39, 0.29) is 23.8 Å². The van der Waals surface area contributed by atoms with Gasteiger partial charge in [-0.05, 0) is 29.8 Å². The predicted molar refractivity (Wildman–Crippen MR) is 112 cm³/mol. The van der Waals surface area contributed by atoms with Crippen molar-refractivity contribution in [2.24, 2.45) is 0 Å². The van der Waals surface area contributed by atoms with Crippen molar-refractivity contribution < 1.29 is 9.21 Å². The van der Waals surface area contributed by atoms with E-state index in [9.17, 15) is 9.59 Å². The van der Waals surface area contributed by atoms with Gasteiger partial charge in [-0.25, -0.2) is 4.79 Å². The Balaban J connectivity index is 1.59. The van der Waals surface area contributed by atoms with Crippen LogP contribution >= 0.6 is 0 Å². The van der Waals surface area contributed by atoms with Crippen molar-refractivity contribution in [1.82, 2.24) is 10.3 Å². The van der Waals surface area contributed by atoms with Gasteiger partial charge in [0.1, 0.15) is 11.1 Å². The number of pyridine rings is 1. The molecule has 5 nitrogen and oxygen atoms in total. The maximum atomic E-state index is 13.0. The lowest BCUT2D eigenvalue weighted by atomic mass is 9.98. The van der Waals surface area contributed by atoms with Crippen molar-refractivity contribution in [2.45, 2.75) is 19.0 Å². The first kappa shape index (κ1) is 18.8. The first-order valence-corrected chi connectivity index (χ1v) is 9.45. The van der Waals surface area contributed by atoms with Gasteiger partial charge in [-0.2, -0.15) is 0 Å². The van der Waals surface area contributed by atoms with Crippen molar-refractivity contribution in [2.75, 3.05) is 0 Å². The van der Waals surface area contributed by atoms with Crippen molar-refractivity contribution >= 4 is 16.8 Å². The minimum atomic E-state index is -0.606. The van der Waals surface area contributed by atoms with Crippen LogP contribution in [-0.2, 0) is 6.54 Å². The molecule has 0 aliphatic rings. The Kier molecular flexibility index (Phi) is 5.59. The third-order valence-corrected chi connectivity index (χ3v) is 4.79. The van der Waals surface area contributed by atoms with Gasteiger partial charge in [0, 0.05) is 30.6 Å². The molecule has 0 saturated carbocycles. The highest BCUT2D eigenvalue weighted by molar-refractivity contribution is 5.98. The fraction of sp³-hybridized carbons (Fsp3) is 0.125. The zero-order valence-corrected chi connectivity index (χ0v) is 15.7. The Morgan fingerprint density at radius 1 is 0.966 bits per heavy atom. The molecule has 0 spiro atoms. The van der Waals surface area contributed by atoms with Gasteiger partial charge in [0.25, 0.3) is 0 Å². The molecule has 0 aliphatic heterocycles. The number of carbonyl (C=O) groups excluding carboxylic acids is 1. The molecule has 0 aliphatic carbocycles. The summed E-state index contributed by atoms with van der Waals surface area (Å²) in [6.45, 7) is 0.514. The molecule has 4 rings (SSSR count). The van der Waals surface area contributed by atoms with E-state index >= 15 is 0 Å². The second-order valence-electron chi connectivity index (χ2n) is 6.78. The summed E-state index contributed by atoms with van der Waals surface area (Å²) < 4.78 is 5.32. The molecular weight excluding hydrogens is 364 g/mol. The molecule has 2 aromatic carbocycles. The number of hydrogen-bond donors (Lipinski definition) is 1. The molecule has 0 radical (unpaired) electrons. The van der Waals surface area contributed by atoms with Crippen molar-refractivity contribution in [3.8, 4) is 0 Å². The number of ketones is 1. The van der Waals surface area contributed by atoms with Gasteiger partial charge >= 0.3 is 5.63 Å². The molecule has 0 bridgehead atoms. The summed E-state index contributed by atoms with van der Waals surface area (Å²) in [7, 11) is 0. The minimum Gasteiger partial charge on any atom is -0.422 e. The summed E-state index contributed by atoms with van der Waals surface area (Å²) in [6.07, 6.45) is 1.87. The highest BCUT2D eigenvalue weighted by atomic mass is 16.4. The highest BCUT2D eigenvalue weighted by Crippen LogP contribution is 2.21. The van der Waals surface area contributed by atoms with Crippen LogP contribution in [-0.4, -0.2) is 10.8 Å². The van der Waals surface area contributed by atoms with Crippen LogP contribution in [0.25, 0.3) is 11.0 Å². The summed E-state index contributed by atoms with van der Waals surface area (Å²) >= 11 is 0. The summed E-state index contributed by atoms with van der Waals surface area (Å²) in [6, 6.07) is 24.0. The van der Waals surface area contributed by atoms with E-state index in [1.807, 2.05) is 60.7 Å². The molecule has 0 saturated heterocycles. The van der Waals surface area contributed by atoms with E-state index in [0.29, 0.717) is 12.1 Å². The Morgan fingerprint density at radius 2 is 1.72 bits per heavy atom. The lowest BCUT2D eigenvalue weighted by Crippen LogP contribution is -2.26. The SMILES string of the molecule is O=C(CC(NCc1ccccn1)c1ccccc1)c1cc2ccccc2oc1=O. The standard InChI is InChI=1S/C24H20N2O3/c27-22(20-14-18-10-4-5-12-23(18)29-24(20)28)15-21(17-8-2-1-3-9-17)26-16-19-11-6-7-13-25-19/h1-14,21,26H,15-16H2. The van der Waals surface area contributed by atoms with E-state index in [2.05, 4.69) is 10.3 Å². The van der Waals surface area contributed by atoms with Gasteiger partial charge in [0.05, 0.1) is 5.69 Å². The Morgan fingerprint density at radius 3 is 2.52 bits per heavy atom. The molecular formula is C24H20N2O3. The van der Waals surface area contributed by atoms with Crippen LogP contribution in [0.15, 0.2) is 94.3 Å². The summed E-state index contributed by atoms with van der Waals surface area (Å²) in [5, 5.41) is 4.12. The first-order chi connectivity index (χ1) is 14.2. The highest BCUT2D eigenvalue weighted by Gasteiger charge is 2.20. The predicted octanol–water partition coefficient (Wildman–Crippen LogP) is 4.29. The second kappa shape index (κ2) is 8.63. The Hall–Kier alpha value is -3.57. The van der Waals surface area contributed by atoms with E-state index < -0.39 is 5.63 Å². The molecule has 0 amide bonds. The van der Waals surface area contributed by atoms with Crippen molar-refractivity contribution in [3.63, 3.8) is 0 Å². The molecule has 2 heterocycles. The van der Waals surface area contributed by atoms with Crippen LogP contribution in [0.5, 0.6) is 0 Å². The zero-order valence-electron chi connectivity index (χ0n) is 15.7. The number of benzene rings is 2. The second-order valence-corrected chi connectivity index (χ2v) is 6.78. The fourth-order valence-electron chi connectivity index (χ4n) is 3.28. The van der Waals surface area contributed by atoms with Crippen molar-refractivity contribution in [1.29, 1.82) is 0 Å². The Labute approximate surface area is 168 Å². The lowest BCUT2D eigenvalue weighted by Gasteiger charge is -2.18. The van der Waals surface area contributed by atoms with Gasteiger partial charge in [0.15, 0.2) is 5.78 Å². The first-order valence-electron chi connectivity index (χ1n) is 9.45. The number of rotatable bonds is 7. The van der Waals surface area contributed by atoms with Crippen LogP contribution in [0, 0.1) is 0 Å². The third-order valence-electron chi connectivity index (χ3n) is 4.79. The molecule has 4 aromatic rings. The molecule has 1 N–H and O–H groups in total. The topological polar surface area (TPSA) is 72.2 Å². The molecule has 0 fully saturated rings. The van der Waals surface area contributed by atoms with Gasteiger partial charge in [-0.3, -0.25) is 9.78 Å². The van der Waals surface area contributed by atoms with Gasteiger partial charge in [-0.1, -0.05) is 54.6 Å². The van der Waals surface area contributed by atoms with E-state index in [4.69, 9.17) is 4.42 Å². The molecule has 2 aromatic heterocycles. The Bertz CT molecular complexity index is 1170. The summed E-state index contributed by atoms with van der Waals surface area (Å²) in [5.41, 5.74) is 1.80. The maximum absolute atomic E-state index is 13.0. The van der Waals surface area contributed by atoms with Gasteiger partial charge in [-0.15, -0.1) is 0 Å². The molecule has 1 unspecified atom stereocenters. The van der Waals surface area contributed by atoms with Crippen LogP contribution < -0.4 is 10.9 Å². The molecule has 144 valence electrons. The van der Waals surface area contributed by atoms with Crippen LogP contribution in [0.2, 0.25) is 0 Å². The zero-order chi connectivity index (χ0) is 20.1. The van der Waals surface area contributed by atoms with Crippen LogP contribution in [0.4, 0.5) is 0 Å². The number of para-hydroxylation sites is 1. The number of aromatic nitrogens is 1. The number of Topliss-reactive ketones (excluding diaryl/α,β-unsaturated/α-hetero) is 1. The summed E-state index contributed by atoms with van der Waals surface area (Å²) in [5.74, 6) is -0.258. The van der Waals surface area contributed by atoms with E-state index in [0.717, 1.165) is 16.6 Å². The number of hydrogen-bond acceptors (Lipinski definition) is 5. The summed E-state index contributed by atoms with van der Waals surface area (Å²) in [4.78, 5) is 29.7. The molecule has 5 heteroatoms. The van der Waals surface area contributed by atoms with Crippen molar-refractivity contribution in [3.05, 3.63) is 112 Å². The monoisotopic (exact) mass is 384 g/mol. The van der Waals surface area contributed by atoms with E-state index in [1.54, 1.807) is 24.4 Å². The molecule has 1 atom stereocenters. The third kappa shape index (κ3) is 4.47. The van der Waals surface area contributed by atoms with Gasteiger partial charge in [0.2, 0.25) is 0 Å². The average Bonchev–Trinajstić information content (AvgIpc) is 2.77. The van der Waals surface area contributed by atoms with Crippen LogP contribution in [0.1, 0.15) is 34.1 Å². The largest absolute Gasteiger partial charge is 0.422 e. The smallest absolute Gasteiger partial charge is 0.347 e. The average molecular weight is 384 g/mol. The normalized spacial score (nSPS) is 12.0. The number of carbonyl (C=O) groups is 1. The molecule has 29 heavy (non-hydrogen) atoms.